The Balaban J connectivity index is 2.09. The average Bonchev–Trinajstić information content (AvgIpc) is 2.42. The molecule has 2 aromatic carbocycles. The number of halogens is 1. The van der Waals surface area contributed by atoms with Gasteiger partial charge in [-0.25, -0.2) is 0 Å². The molecule has 0 spiro atoms. The molecule has 2 nitrogen and oxygen atoms in total. The highest BCUT2D eigenvalue weighted by atomic mass is 79.9. The number of hydrogen-bond acceptors (Lipinski definition) is 2. The summed E-state index contributed by atoms with van der Waals surface area (Å²) >= 11 is 3.36. The summed E-state index contributed by atoms with van der Waals surface area (Å²) in [7, 11) is 0. The van der Waals surface area contributed by atoms with Crippen LogP contribution in [0.4, 0.5) is 5.69 Å². The van der Waals surface area contributed by atoms with Gasteiger partial charge in [-0.2, -0.15) is 0 Å². The van der Waals surface area contributed by atoms with Gasteiger partial charge >= 0.3 is 0 Å². The fourth-order valence-corrected chi connectivity index (χ4v) is 2.58. The van der Waals surface area contributed by atoms with E-state index >= 15 is 0 Å². The Morgan fingerprint density at radius 1 is 1.05 bits per heavy atom. The minimum atomic E-state index is -0.0163. The maximum atomic E-state index is 12.0. The van der Waals surface area contributed by atoms with Gasteiger partial charge in [-0.1, -0.05) is 33.6 Å². The van der Waals surface area contributed by atoms with Crippen molar-refractivity contribution in [3.05, 3.63) is 75.4 Å². The van der Waals surface area contributed by atoms with Crippen LogP contribution in [0.3, 0.4) is 0 Å². The summed E-state index contributed by atoms with van der Waals surface area (Å²) in [5.41, 5.74) is 5.32. The highest BCUT2D eigenvalue weighted by Gasteiger charge is 2.03. The Hall–Kier alpha value is -1.87. The van der Waals surface area contributed by atoms with Gasteiger partial charge in [0.25, 0.3) is 0 Å². The molecule has 2 aromatic rings. The van der Waals surface area contributed by atoms with E-state index in [0.29, 0.717) is 5.56 Å². The Morgan fingerprint density at radius 2 is 1.62 bits per heavy atom. The standard InChI is InChI=1S/C18H18BrNO/c1-12-10-13(2)18(14(3)11-12)20-9-8-17(21)15-4-6-16(19)7-5-15/h4-11,20H,1-3H3. The monoisotopic (exact) mass is 343 g/mol. The molecule has 0 amide bonds. The van der Waals surface area contributed by atoms with Gasteiger partial charge in [0, 0.05) is 28.0 Å². The topological polar surface area (TPSA) is 29.1 Å². The molecule has 0 bridgehead atoms. The fourth-order valence-electron chi connectivity index (χ4n) is 2.32. The van der Waals surface area contributed by atoms with Crippen LogP contribution in [-0.2, 0) is 0 Å². The average molecular weight is 344 g/mol. The molecule has 0 unspecified atom stereocenters. The second-order valence-electron chi connectivity index (χ2n) is 5.12. The van der Waals surface area contributed by atoms with Crippen LogP contribution in [0.1, 0.15) is 27.0 Å². The van der Waals surface area contributed by atoms with Gasteiger partial charge in [0.15, 0.2) is 5.78 Å². The van der Waals surface area contributed by atoms with Crippen LogP contribution in [0.25, 0.3) is 0 Å². The van der Waals surface area contributed by atoms with Crippen molar-refractivity contribution in [3.63, 3.8) is 0 Å². The molecular weight excluding hydrogens is 326 g/mol. The maximum absolute atomic E-state index is 12.0. The first-order chi connectivity index (χ1) is 9.97. The first-order valence-corrected chi connectivity index (χ1v) is 7.57. The normalized spacial score (nSPS) is 10.9. The molecule has 0 aliphatic rings. The Labute approximate surface area is 134 Å². The lowest BCUT2D eigenvalue weighted by atomic mass is 10.1. The number of aryl methyl sites for hydroxylation is 3. The smallest absolute Gasteiger partial charge is 0.187 e. The van der Waals surface area contributed by atoms with Crippen molar-refractivity contribution in [1.82, 2.24) is 0 Å². The van der Waals surface area contributed by atoms with Crippen LogP contribution < -0.4 is 5.32 Å². The molecule has 0 atom stereocenters. The minimum Gasteiger partial charge on any atom is -0.361 e. The van der Waals surface area contributed by atoms with E-state index in [1.807, 2.05) is 12.1 Å². The minimum absolute atomic E-state index is 0.0163. The van der Waals surface area contributed by atoms with Crippen LogP contribution in [0.5, 0.6) is 0 Å². The molecule has 0 aliphatic carbocycles. The molecule has 21 heavy (non-hydrogen) atoms. The van der Waals surface area contributed by atoms with Crippen molar-refractivity contribution >= 4 is 27.4 Å². The maximum Gasteiger partial charge on any atom is 0.187 e. The van der Waals surface area contributed by atoms with Gasteiger partial charge in [0.1, 0.15) is 0 Å². The summed E-state index contributed by atoms with van der Waals surface area (Å²) in [6.45, 7) is 6.20. The largest absolute Gasteiger partial charge is 0.361 e. The number of ketones is 1. The first-order valence-electron chi connectivity index (χ1n) is 6.78. The lowest BCUT2D eigenvalue weighted by molar-refractivity contribution is 0.104. The molecule has 1 N–H and O–H groups in total. The summed E-state index contributed by atoms with van der Waals surface area (Å²) in [5.74, 6) is -0.0163. The van der Waals surface area contributed by atoms with Crippen molar-refractivity contribution in [1.29, 1.82) is 0 Å². The van der Waals surface area contributed by atoms with E-state index in [1.54, 1.807) is 24.4 Å². The van der Waals surface area contributed by atoms with Crippen LogP contribution in [-0.4, -0.2) is 5.78 Å². The number of anilines is 1. The molecule has 0 aromatic heterocycles. The van der Waals surface area contributed by atoms with Crippen molar-refractivity contribution < 1.29 is 4.79 Å². The van der Waals surface area contributed by atoms with Crippen LogP contribution in [0.15, 0.2) is 53.1 Å². The molecule has 0 heterocycles. The van der Waals surface area contributed by atoms with Crippen molar-refractivity contribution in [3.8, 4) is 0 Å². The number of allylic oxidation sites excluding steroid dienone is 1. The van der Waals surface area contributed by atoms with E-state index < -0.39 is 0 Å². The third-order valence-corrected chi connectivity index (χ3v) is 3.80. The summed E-state index contributed by atoms with van der Waals surface area (Å²) in [5, 5.41) is 3.21. The van der Waals surface area contributed by atoms with Crippen LogP contribution >= 0.6 is 15.9 Å². The molecule has 0 aliphatic heterocycles. The van der Waals surface area contributed by atoms with E-state index in [1.165, 1.54) is 16.7 Å². The summed E-state index contributed by atoms with van der Waals surface area (Å²) in [6.07, 6.45) is 3.26. The predicted molar refractivity (Wildman–Crippen MR) is 91.9 cm³/mol. The fraction of sp³-hybridized carbons (Fsp3) is 0.167. The number of rotatable bonds is 4. The summed E-state index contributed by atoms with van der Waals surface area (Å²) < 4.78 is 0.965. The number of benzene rings is 2. The lowest BCUT2D eigenvalue weighted by Crippen LogP contribution is -1.98. The lowest BCUT2D eigenvalue weighted by Gasteiger charge is -2.10. The zero-order chi connectivity index (χ0) is 15.4. The van der Waals surface area contributed by atoms with E-state index in [0.717, 1.165) is 10.2 Å². The molecule has 0 fully saturated rings. The van der Waals surface area contributed by atoms with Gasteiger partial charge in [-0.05, 0) is 56.2 Å². The molecule has 0 saturated carbocycles. The van der Waals surface area contributed by atoms with Gasteiger partial charge < -0.3 is 5.32 Å². The third kappa shape index (κ3) is 4.05. The molecular formula is C18H18BrNO. The van der Waals surface area contributed by atoms with Crippen molar-refractivity contribution in [2.24, 2.45) is 0 Å². The Bertz CT molecular complexity index is 664. The van der Waals surface area contributed by atoms with Crippen LogP contribution in [0.2, 0.25) is 0 Å². The van der Waals surface area contributed by atoms with E-state index in [4.69, 9.17) is 0 Å². The van der Waals surface area contributed by atoms with Crippen molar-refractivity contribution in [2.75, 3.05) is 5.32 Å². The van der Waals surface area contributed by atoms with Crippen molar-refractivity contribution in [2.45, 2.75) is 20.8 Å². The second kappa shape index (κ2) is 6.72. The zero-order valence-corrected chi connectivity index (χ0v) is 14.0. The van der Waals surface area contributed by atoms with Gasteiger partial charge in [-0.15, -0.1) is 0 Å². The van der Waals surface area contributed by atoms with Gasteiger partial charge in [0.2, 0.25) is 0 Å². The molecule has 108 valence electrons. The SMILES string of the molecule is Cc1cc(C)c(NC=CC(=O)c2ccc(Br)cc2)c(C)c1. The molecule has 3 heteroatoms. The highest BCUT2D eigenvalue weighted by Crippen LogP contribution is 2.21. The first kappa shape index (κ1) is 15.5. The van der Waals surface area contributed by atoms with E-state index in [-0.39, 0.29) is 5.78 Å². The van der Waals surface area contributed by atoms with Gasteiger partial charge in [-0.3, -0.25) is 4.79 Å². The summed E-state index contributed by atoms with van der Waals surface area (Å²) in [4.78, 5) is 12.0. The number of carbonyl (C=O) groups is 1. The Morgan fingerprint density at radius 3 is 2.19 bits per heavy atom. The summed E-state index contributed by atoms with van der Waals surface area (Å²) in [6, 6.07) is 11.6. The number of carbonyl (C=O) groups excluding carboxylic acids is 1. The zero-order valence-electron chi connectivity index (χ0n) is 12.4. The quantitative estimate of drug-likeness (QED) is 0.611. The van der Waals surface area contributed by atoms with Gasteiger partial charge in [0.05, 0.1) is 0 Å². The third-order valence-electron chi connectivity index (χ3n) is 3.27. The molecule has 0 saturated heterocycles. The number of nitrogens with one attached hydrogen (secondary N) is 1. The highest BCUT2D eigenvalue weighted by molar-refractivity contribution is 9.10. The van der Waals surface area contributed by atoms with Crippen LogP contribution in [0, 0.1) is 20.8 Å². The van der Waals surface area contributed by atoms with E-state index in [9.17, 15) is 4.79 Å². The molecule has 0 radical (unpaired) electrons. The second-order valence-corrected chi connectivity index (χ2v) is 6.04. The Kier molecular flexibility index (Phi) is 4.97. The predicted octanol–water partition coefficient (Wildman–Crippen LogP) is 5.18. The number of hydrogen-bond donors (Lipinski definition) is 1. The van der Waals surface area contributed by atoms with E-state index in [2.05, 4.69) is 54.2 Å². The molecule has 2 rings (SSSR count).